The summed E-state index contributed by atoms with van der Waals surface area (Å²) in [6.07, 6.45) is 4.39. The summed E-state index contributed by atoms with van der Waals surface area (Å²) in [6.45, 7) is 3.76. The molecule has 0 spiro atoms. The van der Waals surface area contributed by atoms with Gasteiger partial charge in [-0.05, 0) is 73.8 Å². The van der Waals surface area contributed by atoms with Crippen LogP contribution in [0.1, 0.15) is 55.2 Å². The molecular weight excluding hydrogens is 372 g/mol. The molecule has 4 N–H and O–H groups in total. The zero-order valence-electron chi connectivity index (χ0n) is 18.0. The van der Waals surface area contributed by atoms with Crippen LogP contribution in [0, 0.1) is 5.41 Å². The highest BCUT2D eigenvalue weighted by molar-refractivity contribution is 5.97. The SMILES string of the molecule is CN(C)CCNC(=O)c1ccc(C2(C)Cc3ccc(N)c(C=N)c3C3=C2CC3)cc1.[HH].[HH]. The Morgan fingerprint density at radius 3 is 2.57 bits per heavy atom. The van der Waals surface area contributed by atoms with Crippen molar-refractivity contribution < 1.29 is 7.65 Å². The third-order valence-electron chi connectivity index (χ3n) is 6.64. The minimum Gasteiger partial charge on any atom is -0.398 e. The molecule has 2 aromatic rings. The van der Waals surface area contributed by atoms with E-state index in [0.717, 1.165) is 31.4 Å². The second kappa shape index (κ2) is 7.73. The van der Waals surface area contributed by atoms with Gasteiger partial charge in [0.25, 0.3) is 5.91 Å². The number of fused-ring (bicyclic) bond motifs is 2. The molecule has 1 amide bonds. The Kier molecular flexibility index (Phi) is 5.24. The lowest BCUT2D eigenvalue weighted by molar-refractivity contribution is 0.0951. The first-order valence-corrected chi connectivity index (χ1v) is 10.5. The van der Waals surface area contributed by atoms with Crippen LogP contribution < -0.4 is 11.1 Å². The molecule has 30 heavy (non-hydrogen) atoms. The third kappa shape index (κ3) is 3.33. The van der Waals surface area contributed by atoms with Gasteiger partial charge in [0.1, 0.15) is 0 Å². The summed E-state index contributed by atoms with van der Waals surface area (Å²) in [7, 11) is 3.99. The van der Waals surface area contributed by atoms with Crippen molar-refractivity contribution in [1.29, 1.82) is 5.41 Å². The van der Waals surface area contributed by atoms with Crippen molar-refractivity contribution >= 4 is 23.4 Å². The second-order valence-electron chi connectivity index (χ2n) is 8.85. The van der Waals surface area contributed by atoms with Crippen molar-refractivity contribution in [3.05, 3.63) is 69.8 Å². The lowest BCUT2D eigenvalue weighted by Gasteiger charge is -2.45. The second-order valence-corrected chi connectivity index (χ2v) is 8.85. The fraction of sp³-hybridized carbons (Fsp3) is 0.360. The van der Waals surface area contributed by atoms with E-state index in [9.17, 15) is 4.79 Å². The average molecular weight is 407 g/mol. The van der Waals surface area contributed by atoms with Crippen LogP contribution in [0.4, 0.5) is 5.69 Å². The van der Waals surface area contributed by atoms with Crippen LogP contribution >= 0.6 is 0 Å². The molecule has 1 unspecified atom stereocenters. The standard InChI is InChI=1S/C25H30N4O.2H2/c1-25(18-7-4-16(5-8-18)24(30)28-12-13-29(2)3)14-17-6-11-22(27)20(15-26)23(17)19-9-10-21(19)25;;/h4-8,11,15,26H,9-10,12-14,27H2,1-3H3,(H,28,30);2*1H. The lowest BCUT2D eigenvalue weighted by atomic mass is 9.58. The Morgan fingerprint density at radius 2 is 1.97 bits per heavy atom. The van der Waals surface area contributed by atoms with Crippen LogP contribution in [0.5, 0.6) is 0 Å². The first kappa shape index (κ1) is 20.4. The van der Waals surface area contributed by atoms with E-state index in [2.05, 4.69) is 30.4 Å². The summed E-state index contributed by atoms with van der Waals surface area (Å²) < 4.78 is 0. The van der Waals surface area contributed by atoms with E-state index in [1.807, 2.05) is 37.2 Å². The topological polar surface area (TPSA) is 82.2 Å². The summed E-state index contributed by atoms with van der Waals surface area (Å²) in [5.41, 5.74) is 14.8. The highest BCUT2D eigenvalue weighted by atomic mass is 16.1. The van der Waals surface area contributed by atoms with Crippen molar-refractivity contribution in [2.75, 3.05) is 32.9 Å². The van der Waals surface area contributed by atoms with Gasteiger partial charge in [0.15, 0.2) is 0 Å². The number of nitrogens with one attached hydrogen (secondary N) is 2. The molecular formula is C25H34N4O. The molecule has 2 aromatic carbocycles. The van der Waals surface area contributed by atoms with Crippen LogP contribution in [0.25, 0.3) is 5.57 Å². The van der Waals surface area contributed by atoms with Gasteiger partial charge in [-0.25, -0.2) is 0 Å². The Morgan fingerprint density at radius 1 is 1.23 bits per heavy atom. The van der Waals surface area contributed by atoms with E-state index in [0.29, 0.717) is 17.8 Å². The Hall–Kier alpha value is -2.92. The van der Waals surface area contributed by atoms with Gasteiger partial charge in [-0.3, -0.25) is 4.79 Å². The maximum Gasteiger partial charge on any atom is 0.251 e. The third-order valence-corrected chi connectivity index (χ3v) is 6.64. The predicted octanol–water partition coefficient (Wildman–Crippen LogP) is 4.11. The molecule has 5 nitrogen and oxygen atoms in total. The molecule has 0 fully saturated rings. The molecule has 4 rings (SSSR count). The van der Waals surface area contributed by atoms with Gasteiger partial charge in [0.05, 0.1) is 0 Å². The van der Waals surface area contributed by atoms with Crippen LogP contribution in [-0.4, -0.2) is 44.2 Å². The fourth-order valence-corrected chi connectivity index (χ4v) is 4.85. The molecule has 2 aliphatic rings. The number of nitrogens with two attached hydrogens (primary N) is 1. The van der Waals surface area contributed by atoms with E-state index >= 15 is 0 Å². The van der Waals surface area contributed by atoms with Crippen molar-refractivity contribution in [1.82, 2.24) is 10.2 Å². The number of likely N-dealkylation sites (N-methyl/N-ethyl adjacent to an activating group) is 1. The van der Waals surface area contributed by atoms with Crippen LogP contribution in [0.15, 0.2) is 42.0 Å². The van der Waals surface area contributed by atoms with E-state index in [4.69, 9.17) is 11.1 Å². The number of hydrogen-bond acceptors (Lipinski definition) is 4. The molecule has 5 heteroatoms. The number of carbonyl (C=O) groups is 1. The number of nitrogens with zero attached hydrogens (tertiary/aromatic N) is 1. The molecule has 0 aromatic heterocycles. The van der Waals surface area contributed by atoms with Crippen LogP contribution in [-0.2, 0) is 11.8 Å². The van der Waals surface area contributed by atoms with Gasteiger partial charge in [-0.15, -0.1) is 0 Å². The zero-order chi connectivity index (χ0) is 21.5. The summed E-state index contributed by atoms with van der Waals surface area (Å²) >= 11 is 0. The van der Waals surface area contributed by atoms with Gasteiger partial charge in [-0.2, -0.15) is 0 Å². The maximum atomic E-state index is 12.4. The van der Waals surface area contributed by atoms with Crippen LogP contribution in [0.2, 0.25) is 0 Å². The number of benzene rings is 2. The monoisotopic (exact) mass is 406 g/mol. The number of allylic oxidation sites excluding steroid dienone is 2. The summed E-state index contributed by atoms with van der Waals surface area (Å²) in [6, 6.07) is 12.1. The minimum atomic E-state index is -0.0874. The fourth-order valence-electron chi connectivity index (χ4n) is 4.85. The van der Waals surface area contributed by atoms with Crippen LogP contribution in [0.3, 0.4) is 0 Å². The first-order chi connectivity index (χ1) is 14.3. The predicted molar refractivity (Wildman–Crippen MR) is 128 cm³/mol. The number of hydrogen-bond donors (Lipinski definition) is 3. The average Bonchev–Trinajstić information content (AvgIpc) is 2.68. The number of carbonyl (C=O) groups excluding carboxylic acids is 1. The molecule has 0 bridgehead atoms. The minimum absolute atomic E-state index is 0. The Bertz CT molecular complexity index is 1050. The summed E-state index contributed by atoms with van der Waals surface area (Å²) in [5, 5.41) is 10.8. The number of amides is 1. The van der Waals surface area contributed by atoms with Gasteiger partial charge < -0.3 is 21.4 Å². The van der Waals surface area contributed by atoms with Crippen molar-refractivity contribution in [3.8, 4) is 0 Å². The largest absolute Gasteiger partial charge is 0.398 e. The van der Waals surface area contributed by atoms with Crippen molar-refractivity contribution in [2.24, 2.45) is 0 Å². The molecule has 2 aliphatic carbocycles. The highest BCUT2D eigenvalue weighted by Crippen LogP contribution is 2.54. The number of rotatable bonds is 6. The number of nitrogen functional groups attached to an aromatic ring is 1. The lowest BCUT2D eigenvalue weighted by Crippen LogP contribution is -2.36. The summed E-state index contributed by atoms with van der Waals surface area (Å²) in [5.74, 6) is -0.0304. The number of anilines is 1. The Labute approximate surface area is 181 Å². The molecule has 0 saturated heterocycles. The van der Waals surface area contributed by atoms with E-state index in [1.165, 1.54) is 34.1 Å². The van der Waals surface area contributed by atoms with E-state index < -0.39 is 0 Å². The normalized spacial score (nSPS) is 19.7. The Balaban J connectivity index is 0.00000181. The molecule has 0 radical (unpaired) electrons. The van der Waals surface area contributed by atoms with Gasteiger partial charge in [0.2, 0.25) is 0 Å². The smallest absolute Gasteiger partial charge is 0.251 e. The van der Waals surface area contributed by atoms with Crippen molar-refractivity contribution in [2.45, 2.75) is 31.6 Å². The molecule has 160 valence electrons. The maximum absolute atomic E-state index is 12.4. The quantitative estimate of drug-likeness (QED) is 0.499. The van der Waals surface area contributed by atoms with Gasteiger partial charge in [-0.1, -0.05) is 30.7 Å². The summed E-state index contributed by atoms with van der Waals surface area (Å²) in [4.78, 5) is 14.5. The first-order valence-electron chi connectivity index (χ1n) is 10.5. The highest BCUT2D eigenvalue weighted by Gasteiger charge is 2.42. The van der Waals surface area contributed by atoms with Gasteiger partial charge in [0, 0.05) is 44.4 Å². The molecule has 0 heterocycles. The molecule has 0 aliphatic heterocycles. The van der Waals surface area contributed by atoms with E-state index in [-0.39, 0.29) is 14.2 Å². The van der Waals surface area contributed by atoms with Crippen molar-refractivity contribution in [3.63, 3.8) is 0 Å². The zero-order valence-corrected chi connectivity index (χ0v) is 18.0. The van der Waals surface area contributed by atoms with Gasteiger partial charge >= 0.3 is 0 Å². The van der Waals surface area contributed by atoms with E-state index in [1.54, 1.807) is 0 Å². The molecule has 0 saturated carbocycles. The molecule has 1 atom stereocenters.